The first-order valence-corrected chi connectivity index (χ1v) is 10.6. The molecule has 1 saturated carbocycles. The summed E-state index contributed by atoms with van der Waals surface area (Å²) in [4.78, 5) is 12.3. The van der Waals surface area contributed by atoms with Crippen LogP contribution >= 0.6 is 23.4 Å². The standard InChI is InChI=1S/C19H25ClN4O2S/c1-26-12-11-24-18(14-7-9-15(20)10-8-14)22-23-19(24)27-13-17(25)21-16-5-3-2-4-6-16/h7-10,16H,2-6,11-13H2,1H3,(H,21,25). The summed E-state index contributed by atoms with van der Waals surface area (Å²) in [6.07, 6.45) is 5.85. The van der Waals surface area contributed by atoms with Crippen LogP contribution in [-0.2, 0) is 16.1 Å². The van der Waals surface area contributed by atoms with E-state index in [0.29, 0.717) is 30.0 Å². The minimum Gasteiger partial charge on any atom is -0.383 e. The molecule has 0 aliphatic heterocycles. The topological polar surface area (TPSA) is 69.0 Å². The van der Waals surface area contributed by atoms with Crippen molar-refractivity contribution in [3.05, 3.63) is 29.3 Å². The van der Waals surface area contributed by atoms with Crippen LogP contribution in [0.3, 0.4) is 0 Å². The van der Waals surface area contributed by atoms with Gasteiger partial charge in [-0.2, -0.15) is 0 Å². The molecule has 6 nitrogen and oxygen atoms in total. The molecule has 27 heavy (non-hydrogen) atoms. The van der Waals surface area contributed by atoms with Crippen LogP contribution in [-0.4, -0.2) is 46.2 Å². The maximum atomic E-state index is 12.3. The Kier molecular flexibility index (Phi) is 7.55. The number of halogens is 1. The van der Waals surface area contributed by atoms with Crippen molar-refractivity contribution in [3.63, 3.8) is 0 Å². The lowest BCUT2D eigenvalue weighted by molar-refractivity contribution is -0.119. The number of hydrogen-bond acceptors (Lipinski definition) is 5. The minimum atomic E-state index is 0.0567. The molecular weight excluding hydrogens is 384 g/mol. The molecule has 1 aliphatic rings. The van der Waals surface area contributed by atoms with Crippen molar-refractivity contribution in [1.29, 1.82) is 0 Å². The summed E-state index contributed by atoms with van der Waals surface area (Å²) in [5, 5.41) is 13.2. The number of benzene rings is 1. The summed E-state index contributed by atoms with van der Waals surface area (Å²) in [7, 11) is 1.66. The van der Waals surface area contributed by atoms with Crippen molar-refractivity contribution >= 4 is 29.3 Å². The zero-order chi connectivity index (χ0) is 19.1. The average molecular weight is 409 g/mol. The van der Waals surface area contributed by atoms with Crippen molar-refractivity contribution < 1.29 is 9.53 Å². The van der Waals surface area contributed by atoms with Gasteiger partial charge in [0.15, 0.2) is 11.0 Å². The number of nitrogens with one attached hydrogen (secondary N) is 1. The van der Waals surface area contributed by atoms with Gasteiger partial charge in [0, 0.05) is 23.7 Å². The number of aromatic nitrogens is 3. The largest absolute Gasteiger partial charge is 0.383 e. The van der Waals surface area contributed by atoms with Gasteiger partial charge in [0.25, 0.3) is 0 Å². The minimum absolute atomic E-state index is 0.0567. The lowest BCUT2D eigenvalue weighted by atomic mass is 9.95. The summed E-state index contributed by atoms with van der Waals surface area (Å²) in [6.45, 7) is 1.16. The smallest absolute Gasteiger partial charge is 0.230 e. The molecule has 0 radical (unpaired) electrons. The fourth-order valence-corrected chi connectivity index (χ4v) is 4.14. The summed E-state index contributed by atoms with van der Waals surface area (Å²) >= 11 is 7.39. The Balaban J connectivity index is 1.66. The molecule has 1 fully saturated rings. The van der Waals surface area contributed by atoms with Crippen molar-refractivity contribution in [1.82, 2.24) is 20.1 Å². The highest BCUT2D eigenvalue weighted by atomic mass is 35.5. The van der Waals surface area contributed by atoms with E-state index in [0.717, 1.165) is 29.4 Å². The molecule has 1 aromatic carbocycles. The number of thioether (sulfide) groups is 1. The lowest BCUT2D eigenvalue weighted by Crippen LogP contribution is -2.37. The Bertz CT molecular complexity index is 745. The maximum Gasteiger partial charge on any atom is 0.230 e. The van der Waals surface area contributed by atoms with Crippen molar-refractivity contribution in [2.24, 2.45) is 0 Å². The van der Waals surface area contributed by atoms with Gasteiger partial charge in [0.2, 0.25) is 5.91 Å². The molecule has 8 heteroatoms. The Hall–Kier alpha value is -1.57. The predicted octanol–water partition coefficient (Wildman–Crippen LogP) is 3.79. The van der Waals surface area contributed by atoms with Gasteiger partial charge >= 0.3 is 0 Å². The van der Waals surface area contributed by atoms with Gasteiger partial charge < -0.3 is 10.1 Å². The first kappa shape index (κ1) is 20.2. The highest BCUT2D eigenvalue weighted by Gasteiger charge is 2.18. The molecular formula is C19H25ClN4O2S. The van der Waals surface area contributed by atoms with E-state index in [1.807, 2.05) is 28.8 Å². The molecule has 1 N–H and O–H groups in total. The normalized spacial score (nSPS) is 15.0. The number of amides is 1. The molecule has 0 spiro atoms. The zero-order valence-electron chi connectivity index (χ0n) is 15.5. The van der Waals surface area contributed by atoms with E-state index in [1.54, 1.807) is 7.11 Å². The monoisotopic (exact) mass is 408 g/mol. The van der Waals surface area contributed by atoms with Gasteiger partial charge in [0.05, 0.1) is 18.9 Å². The molecule has 3 rings (SSSR count). The van der Waals surface area contributed by atoms with Gasteiger partial charge in [-0.15, -0.1) is 10.2 Å². The Labute approximate surface area is 169 Å². The first-order valence-electron chi connectivity index (χ1n) is 9.27. The van der Waals surface area contributed by atoms with Crippen LogP contribution in [0.1, 0.15) is 32.1 Å². The molecule has 1 heterocycles. The molecule has 146 valence electrons. The van der Waals surface area contributed by atoms with Crippen LogP contribution in [0.5, 0.6) is 0 Å². The van der Waals surface area contributed by atoms with Crippen LogP contribution < -0.4 is 5.32 Å². The summed E-state index contributed by atoms with van der Waals surface area (Å²) in [6, 6.07) is 7.82. The summed E-state index contributed by atoms with van der Waals surface area (Å²) in [5.74, 6) is 1.14. The molecule has 0 bridgehead atoms. The molecule has 1 aliphatic carbocycles. The lowest BCUT2D eigenvalue weighted by Gasteiger charge is -2.22. The zero-order valence-corrected chi connectivity index (χ0v) is 17.1. The van der Waals surface area contributed by atoms with Crippen LogP contribution in [0, 0.1) is 0 Å². The average Bonchev–Trinajstić information content (AvgIpc) is 3.09. The van der Waals surface area contributed by atoms with Crippen molar-refractivity contribution in [3.8, 4) is 11.4 Å². The van der Waals surface area contributed by atoms with Crippen LogP contribution in [0.2, 0.25) is 5.02 Å². The number of hydrogen-bond donors (Lipinski definition) is 1. The van der Waals surface area contributed by atoms with Gasteiger partial charge in [0.1, 0.15) is 0 Å². The van der Waals surface area contributed by atoms with E-state index in [4.69, 9.17) is 16.3 Å². The quantitative estimate of drug-likeness (QED) is 0.673. The molecule has 1 amide bonds. The van der Waals surface area contributed by atoms with Gasteiger partial charge in [-0.1, -0.05) is 42.6 Å². The van der Waals surface area contributed by atoms with E-state index < -0.39 is 0 Å². The Morgan fingerprint density at radius 1 is 1.26 bits per heavy atom. The first-order chi connectivity index (χ1) is 13.2. The molecule has 2 aromatic rings. The number of carbonyl (C=O) groups excluding carboxylic acids is 1. The van der Waals surface area contributed by atoms with Crippen molar-refractivity contribution in [2.45, 2.75) is 49.8 Å². The third-order valence-corrected chi connectivity index (χ3v) is 5.86. The Morgan fingerprint density at radius 2 is 2.00 bits per heavy atom. The van der Waals surface area contributed by atoms with Crippen molar-refractivity contribution in [2.75, 3.05) is 19.5 Å². The van der Waals surface area contributed by atoms with E-state index in [-0.39, 0.29) is 5.91 Å². The second kappa shape index (κ2) is 10.1. The number of methoxy groups -OCH3 is 1. The fourth-order valence-electron chi connectivity index (χ4n) is 3.24. The maximum absolute atomic E-state index is 12.3. The number of carbonyl (C=O) groups is 1. The van der Waals surface area contributed by atoms with E-state index in [2.05, 4.69) is 15.5 Å². The van der Waals surface area contributed by atoms with Gasteiger partial charge in [-0.25, -0.2) is 0 Å². The summed E-state index contributed by atoms with van der Waals surface area (Å²) < 4.78 is 7.21. The predicted molar refractivity (Wildman–Crippen MR) is 108 cm³/mol. The number of rotatable bonds is 8. The highest BCUT2D eigenvalue weighted by molar-refractivity contribution is 7.99. The van der Waals surface area contributed by atoms with Crippen LogP contribution in [0.4, 0.5) is 0 Å². The molecule has 0 saturated heterocycles. The SMILES string of the molecule is COCCn1c(SCC(=O)NC2CCCCC2)nnc1-c1ccc(Cl)cc1. The second-order valence-corrected chi connectivity index (χ2v) is 8.03. The summed E-state index contributed by atoms with van der Waals surface area (Å²) in [5.41, 5.74) is 0.932. The number of nitrogens with zero attached hydrogens (tertiary/aromatic N) is 3. The highest BCUT2D eigenvalue weighted by Crippen LogP contribution is 2.25. The van der Waals surface area contributed by atoms with Crippen LogP contribution in [0.25, 0.3) is 11.4 Å². The molecule has 0 atom stereocenters. The third kappa shape index (κ3) is 5.70. The van der Waals surface area contributed by atoms with E-state index >= 15 is 0 Å². The van der Waals surface area contributed by atoms with Gasteiger partial charge in [-0.05, 0) is 37.1 Å². The molecule has 1 aromatic heterocycles. The van der Waals surface area contributed by atoms with Gasteiger partial charge in [-0.3, -0.25) is 9.36 Å². The molecule has 0 unspecified atom stereocenters. The second-order valence-electron chi connectivity index (χ2n) is 6.65. The Morgan fingerprint density at radius 3 is 2.70 bits per heavy atom. The van der Waals surface area contributed by atoms with E-state index in [1.165, 1.54) is 31.0 Å². The fraction of sp³-hybridized carbons (Fsp3) is 0.526. The third-order valence-electron chi connectivity index (χ3n) is 4.64. The number of ether oxygens (including phenoxy) is 1. The van der Waals surface area contributed by atoms with E-state index in [9.17, 15) is 4.79 Å². The van der Waals surface area contributed by atoms with Crippen LogP contribution in [0.15, 0.2) is 29.4 Å².